The fraction of sp³-hybridized carbons (Fsp3) is 0.0833. The monoisotopic (exact) mass is 263 g/mol. The van der Waals surface area contributed by atoms with Gasteiger partial charge < -0.3 is 4.74 Å². The standard InChI is InChI=1S/C12H9NO2S2/c14-8-11-13(12-4-2-6-17-12)7-9(15-11)10-3-1-5-16-10/h1-8,11H. The third-order valence-electron chi connectivity index (χ3n) is 2.42. The SMILES string of the molecule is O=CC1OC(c2cccs2)=CN1c1cccs1. The number of aldehydes is 1. The largest absolute Gasteiger partial charge is 0.460 e. The van der Waals surface area contributed by atoms with E-state index in [4.69, 9.17) is 4.74 Å². The van der Waals surface area contributed by atoms with Crippen LogP contribution in [0.5, 0.6) is 0 Å². The third kappa shape index (κ3) is 1.87. The molecular weight excluding hydrogens is 254 g/mol. The molecule has 0 aliphatic carbocycles. The molecule has 0 N–H and O–H groups in total. The van der Waals surface area contributed by atoms with Crippen LogP contribution in [0.3, 0.4) is 0 Å². The maximum absolute atomic E-state index is 11.0. The molecule has 1 unspecified atom stereocenters. The zero-order valence-electron chi connectivity index (χ0n) is 8.78. The van der Waals surface area contributed by atoms with Crippen LogP contribution in [0.1, 0.15) is 4.88 Å². The van der Waals surface area contributed by atoms with Crippen LogP contribution in [0.2, 0.25) is 0 Å². The summed E-state index contributed by atoms with van der Waals surface area (Å²) in [5.41, 5.74) is 0. The summed E-state index contributed by atoms with van der Waals surface area (Å²) in [6.07, 6.45) is 2.15. The Morgan fingerprint density at radius 3 is 2.71 bits per heavy atom. The predicted octanol–water partition coefficient (Wildman–Crippen LogP) is 3.17. The van der Waals surface area contributed by atoms with E-state index in [1.807, 2.05) is 46.1 Å². The van der Waals surface area contributed by atoms with Crippen LogP contribution in [0.4, 0.5) is 5.00 Å². The van der Waals surface area contributed by atoms with Crippen molar-refractivity contribution in [2.24, 2.45) is 0 Å². The van der Waals surface area contributed by atoms with Gasteiger partial charge in [0.25, 0.3) is 0 Å². The first-order chi connectivity index (χ1) is 8.38. The summed E-state index contributed by atoms with van der Waals surface area (Å²) in [6, 6.07) is 7.88. The topological polar surface area (TPSA) is 29.5 Å². The molecule has 3 rings (SSSR count). The molecular formula is C12H9NO2S2. The molecule has 1 atom stereocenters. The van der Waals surface area contributed by atoms with Crippen LogP contribution in [0, 0.1) is 0 Å². The third-order valence-corrected chi connectivity index (χ3v) is 4.19. The molecule has 1 aliphatic rings. The normalized spacial score (nSPS) is 18.9. The molecule has 0 spiro atoms. The highest BCUT2D eigenvalue weighted by Gasteiger charge is 2.28. The molecule has 2 aromatic heterocycles. The van der Waals surface area contributed by atoms with Crippen molar-refractivity contribution in [1.82, 2.24) is 0 Å². The number of thiophene rings is 2. The van der Waals surface area contributed by atoms with Crippen LogP contribution in [-0.2, 0) is 9.53 Å². The quantitative estimate of drug-likeness (QED) is 0.797. The lowest BCUT2D eigenvalue weighted by Gasteiger charge is -2.16. The van der Waals surface area contributed by atoms with Gasteiger partial charge in [0, 0.05) is 0 Å². The van der Waals surface area contributed by atoms with Crippen LogP contribution in [0.25, 0.3) is 5.76 Å². The van der Waals surface area contributed by atoms with Crippen LogP contribution in [-0.4, -0.2) is 12.5 Å². The Hall–Kier alpha value is -1.59. The zero-order valence-corrected chi connectivity index (χ0v) is 10.4. The van der Waals surface area contributed by atoms with Gasteiger partial charge in [0.2, 0.25) is 6.23 Å². The van der Waals surface area contributed by atoms with Gasteiger partial charge in [-0.05, 0) is 29.0 Å². The van der Waals surface area contributed by atoms with Crippen molar-refractivity contribution < 1.29 is 9.53 Å². The number of carbonyl (C=O) groups excluding carboxylic acids is 1. The first-order valence-electron chi connectivity index (χ1n) is 5.08. The molecule has 86 valence electrons. The molecule has 0 radical (unpaired) electrons. The van der Waals surface area contributed by atoms with Gasteiger partial charge in [0.05, 0.1) is 16.1 Å². The molecule has 5 heteroatoms. The van der Waals surface area contributed by atoms with E-state index >= 15 is 0 Å². The van der Waals surface area contributed by atoms with E-state index in [1.54, 1.807) is 22.7 Å². The maximum atomic E-state index is 11.0. The molecule has 2 aromatic rings. The van der Waals surface area contributed by atoms with Gasteiger partial charge in [0.1, 0.15) is 0 Å². The molecule has 1 aliphatic heterocycles. The summed E-state index contributed by atoms with van der Waals surface area (Å²) in [6.45, 7) is 0. The van der Waals surface area contributed by atoms with E-state index in [1.165, 1.54) is 0 Å². The Bertz CT molecular complexity index is 531. The summed E-state index contributed by atoms with van der Waals surface area (Å²) in [5, 5.41) is 4.98. The van der Waals surface area contributed by atoms with Crippen LogP contribution < -0.4 is 4.90 Å². The van der Waals surface area contributed by atoms with Crippen molar-refractivity contribution in [2.45, 2.75) is 6.23 Å². The number of ether oxygens (including phenoxy) is 1. The molecule has 17 heavy (non-hydrogen) atoms. The molecule has 3 nitrogen and oxygen atoms in total. The maximum Gasteiger partial charge on any atom is 0.233 e. The second-order valence-electron chi connectivity index (χ2n) is 3.47. The Balaban J connectivity index is 1.95. The minimum atomic E-state index is -0.550. The smallest absolute Gasteiger partial charge is 0.233 e. The molecule has 0 bridgehead atoms. The number of carbonyl (C=O) groups is 1. The van der Waals surface area contributed by atoms with E-state index in [0.717, 1.165) is 21.9 Å². The summed E-state index contributed by atoms with van der Waals surface area (Å²) >= 11 is 3.18. The predicted molar refractivity (Wildman–Crippen MR) is 70.0 cm³/mol. The van der Waals surface area contributed by atoms with Crippen molar-refractivity contribution in [3.8, 4) is 0 Å². The number of hydrogen-bond donors (Lipinski definition) is 0. The van der Waals surface area contributed by atoms with E-state index < -0.39 is 6.23 Å². The molecule has 0 fully saturated rings. The second-order valence-corrected chi connectivity index (χ2v) is 5.35. The van der Waals surface area contributed by atoms with Crippen LogP contribution in [0.15, 0.2) is 41.2 Å². The first kappa shape index (κ1) is 10.6. The van der Waals surface area contributed by atoms with Crippen molar-refractivity contribution in [1.29, 1.82) is 0 Å². The number of anilines is 1. The van der Waals surface area contributed by atoms with Gasteiger partial charge >= 0.3 is 0 Å². The highest BCUT2D eigenvalue weighted by atomic mass is 32.1. The Morgan fingerprint density at radius 1 is 1.24 bits per heavy atom. The lowest BCUT2D eigenvalue weighted by molar-refractivity contribution is -0.113. The lowest BCUT2D eigenvalue weighted by atomic mass is 10.4. The van der Waals surface area contributed by atoms with E-state index in [2.05, 4.69) is 0 Å². The number of rotatable bonds is 3. The fourth-order valence-corrected chi connectivity index (χ4v) is 3.07. The van der Waals surface area contributed by atoms with Crippen molar-refractivity contribution in [2.75, 3.05) is 4.90 Å². The average molecular weight is 263 g/mol. The Kier molecular flexibility index (Phi) is 2.70. The van der Waals surface area contributed by atoms with E-state index in [-0.39, 0.29) is 0 Å². The van der Waals surface area contributed by atoms with Crippen molar-refractivity contribution in [3.05, 3.63) is 46.1 Å². The van der Waals surface area contributed by atoms with Crippen LogP contribution >= 0.6 is 22.7 Å². The van der Waals surface area contributed by atoms with Crippen molar-refractivity contribution in [3.63, 3.8) is 0 Å². The highest BCUT2D eigenvalue weighted by Crippen LogP contribution is 2.34. The van der Waals surface area contributed by atoms with Gasteiger partial charge in [-0.2, -0.15) is 0 Å². The number of nitrogens with zero attached hydrogens (tertiary/aromatic N) is 1. The first-order valence-corrected chi connectivity index (χ1v) is 6.84. The zero-order chi connectivity index (χ0) is 11.7. The minimum absolute atomic E-state index is 0.550. The van der Waals surface area contributed by atoms with E-state index in [9.17, 15) is 4.79 Å². The highest BCUT2D eigenvalue weighted by molar-refractivity contribution is 7.14. The summed E-state index contributed by atoms with van der Waals surface area (Å²) in [4.78, 5) is 13.9. The Labute approximate surface area is 107 Å². The minimum Gasteiger partial charge on any atom is -0.460 e. The summed E-state index contributed by atoms with van der Waals surface area (Å²) < 4.78 is 5.63. The number of hydrogen-bond acceptors (Lipinski definition) is 5. The molecule has 0 saturated heterocycles. The molecule has 0 aromatic carbocycles. The lowest BCUT2D eigenvalue weighted by Crippen LogP contribution is -2.28. The molecule has 3 heterocycles. The summed E-state index contributed by atoms with van der Waals surface area (Å²) in [7, 11) is 0. The molecule has 0 amide bonds. The van der Waals surface area contributed by atoms with E-state index in [0.29, 0.717) is 0 Å². The van der Waals surface area contributed by atoms with Gasteiger partial charge in [0.15, 0.2) is 12.0 Å². The van der Waals surface area contributed by atoms with Gasteiger partial charge in [-0.3, -0.25) is 9.69 Å². The fourth-order valence-electron chi connectivity index (χ4n) is 1.66. The second kappa shape index (κ2) is 4.35. The van der Waals surface area contributed by atoms with Gasteiger partial charge in [-0.25, -0.2) is 0 Å². The Morgan fingerprint density at radius 2 is 2.06 bits per heavy atom. The average Bonchev–Trinajstić information content (AvgIpc) is 3.09. The molecule has 0 saturated carbocycles. The summed E-state index contributed by atoms with van der Waals surface area (Å²) in [5.74, 6) is 0.755. The van der Waals surface area contributed by atoms with Gasteiger partial charge in [-0.1, -0.05) is 6.07 Å². The van der Waals surface area contributed by atoms with Gasteiger partial charge in [-0.15, -0.1) is 22.7 Å². The van der Waals surface area contributed by atoms with Crippen molar-refractivity contribution >= 4 is 39.7 Å².